The van der Waals surface area contributed by atoms with Crippen molar-refractivity contribution in [3.05, 3.63) is 0 Å². The smallest absolute Gasteiger partial charge is 0.277 e. The molecule has 1 aliphatic heterocycles. The lowest BCUT2D eigenvalue weighted by molar-refractivity contribution is -0.138. The van der Waals surface area contributed by atoms with E-state index >= 15 is 0 Å². The van der Waals surface area contributed by atoms with Crippen molar-refractivity contribution in [3.8, 4) is 0 Å². The SMILES string of the molecule is CC1CCCC(N2C(=O)CC(=O)NC2=O)C1. The molecule has 0 aromatic heterocycles. The molecule has 1 saturated heterocycles. The lowest BCUT2D eigenvalue weighted by Gasteiger charge is -2.36. The maximum absolute atomic E-state index is 11.7. The number of urea groups is 1. The van der Waals surface area contributed by atoms with Gasteiger partial charge in [-0.2, -0.15) is 0 Å². The van der Waals surface area contributed by atoms with Gasteiger partial charge in [0.1, 0.15) is 6.42 Å². The molecule has 0 bridgehead atoms. The summed E-state index contributed by atoms with van der Waals surface area (Å²) in [6, 6.07) is -0.565. The summed E-state index contributed by atoms with van der Waals surface area (Å²) in [6.45, 7) is 2.13. The maximum Gasteiger partial charge on any atom is 0.331 e. The van der Waals surface area contributed by atoms with Crippen molar-refractivity contribution in [1.82, 2.24) is 10.2 Å². The number of carbonyl (C=O) groups excluding carboxylic acids is 3. The van der Waals surface area contributed by atoms with Crippen molar-refractivity contribution in [2.75, 3.05) is 0 Å². The zero-order valence-electron chi connectivity index (χ0n) is 9.36. The first-order valence-corrected chi connectivity index (χ1v) is 5.74. The minimum Gasteiger partial charge on any atom is -0.277 e. The van der Waals surface area contributed by atoms with E-state index in [4.69, 9.17) is 0 Å². The van der Waals surface area contributed by atoms with Gasteiger partial charge in [-0.3, -0.25) is 19.8 Å². The topological polar surface area (TPSA) is 66.5 Å². The number of rotatable bonds is 1. The molecule has 1 heterocycles. The summed E-state index contributed by atoms with van der Waals surface area (Å²) in [5.41, 5.74) is 0. The van der Waals surface area contributed by atoms with Gasteiger partial charge in [0.05, 0.1) is 0 Å². The summed E-state index contributed by atoms with van der Waals surface area (Å²) < 4.78 is 0. The Morgan fingerprint density at radius 1 is 1.25 bits per heavy atom. The first-order chi connectivity index (χ1) is 7.58. The highest BCUT2D eigenvalue weighted by Gasteiger charge is 2.37. The molecular formula is C11H16N2O3. The summed E-state index contributed by atoms with van der Waals surface area (Å²) in [4.78, 5) is 35.5. The van der Waals surface area contributed by atoms with E-state index in [1.807, 2.05) is 0 Å². The van der Waals surface area contributed by atoms with Crippen LogP contribution in [-0.4, -0.2) is 28.8 Å². The molecule has 0 aromatic rings. The Morgan fingerprint density at radius 3 is 2.62 bits per heavy atom. The Morgan fingerprint density at radius 2 is 2.00 bits per heavy atom. The molecular weight excluding hydrogens is 208 g/mol. The Balaban J connectivity index is 2.10. The minimum atomic E-state index is -0.541. The number of hydrogen-bond donors (Lipinski definition) is 1. The van der Waals surface area contributed by atoms with Crippen LogP contribution in [0.25, 0.3) is 0 Å². The van der Waals surface area contributed by atoms with Gasteiger partial charge >= 0.3 is 6.03 Å². The molecule has 2 atom stereocenters. The first kappa shape index (κ1) is 11.1. The fourth-order valence-corrected chi connectivity index (χ4v) is 2.57. The monoisotopic (exact) mass is 224 g/mol. The molecule has 4 amide bonds. The first-order valence-electron chi connectivity index (χ1n) is 5.74. The number of nitrogens with zero attached hydrogens (tertiary/aromatic N) is 1. The second-order valence-corrected chi connectivity index (χ2v) is 4.72. The fourth-order valence-electron chi connectivity index (χ4n) is 2.57. The summed E-state index contributed by atoms with van der Waals surface area (Å²) in [5.74, 6) is -0.306. The predicted molar refractivity (Wildman–Crippen MR) is 56.4 cm³/mol. The Bertz CT molecular complexity index is 320. The number of imide groups is 2. The molecule has 2 rings (SSSR count). The lowest BCUT2D eigenvalue weighted by Crippen LogP contribution is -2.57. The molecule has 5 heteroatoms. The van der Waals surface area contributed by atoms with Crippen LogP contribution < -0.4 is 5.32 Å². The summed E-state index contributed by atoms with van der Waals surface area (Å²) in [6.07, 6.45) is 3.71. The van der Waals surface area contributed by atoms with Crippen LogP contribution in [0.1, 0.15) is 39.0 Å². The molecule has 16 heavy (non-hydrogen) atoms. The van der Waals surface area contributed by atoms with Crippen molar-refractivity contribution < 1.29 is 14.4 Å². The van der Waals surface area contributed by atoms with Gasteiger partial charge in [-0.25, -0.2) is 4.79 Å². The minimum absolute atomic E-state index is 0.0238. The summed E-state index contributed by atoms with van der Waals surface area (Å²) in [5, 5.41) is 2.20. The van der Waals surface area contributed by atoms with E-state index in [0.717, 1.165) is 25.7 Å². The molecule has 88 valence electrons. The van der Waals surface area contributed by atoms with Crippen LogP contribution in [0, 0.1) is 5.92 Å². The van der Waals surface area contributed by atoms with Gasteiger partial charge in [0, 0.05) is 6.04 Å². The Hall–Kier alpha value is -1.39. The molecule has 0 spiro atoms. The van der Waals surface area contributed by atoms with E-state index in [1.54, 1.807) is 0 Å². The van der Waals surface area contributed by atoms with E-state index in [9.17, 15) is 14.4 Å². The van der Waals surface area contributed by atoms with Gasteiger partial charge in [0.2, 0.25) is 11.8 Å². The molecule has 1 aliphatic carbocycles. The van der Waals surface area contributed by atoms with E-state index in [1.165, 1.54) is 4.90 Å². The highest BCUT2D eigenvalue weighted by molar-refractivity contribution is 6.14. The van der Waals surface area contributed by atoms with Crippen LogP contribution in [-0.2, 0) is 9.59 Å². The second kappa shape index (κ2) is 4.23. The fraction of sp³-hybridized carbons (Fsp3) is 0.727. The number of barbiturate groups is 1. The largest absolute Gasteiger partial charge is 0.331 e. The lowest BCUT2D eigenvalue weighted by atomic mass is 9.86. The summed E-state index contributed by atoms with van der Waals surface area (Å²) >= 11 is 0. The van der Waals surface area contributed by atoms with Crippen LogP contribution in [0.15, 0.2) is 0 Å². The van der Waals surface area contributed by atoms with E-state index in [2.05, 4.69) is 12.2 Å². The van der Waals surface area contributed by atoms with Crippen molar-refractivity contribution in [3.63, 3.8) is 0 Å². The Labute approximate surface area is 94.2 Å². The second-order valence-electron chi connectivity index (χ2n) is 4.72. The van der Waals surface area contributed by atoms with Crippen molar-refractivity contribution in [1.29, 1.82) is 0 Å². The van der Waals surface area contributed by atoms with Gasteiger partial charge in [-0.05, 0) is 18.8 Å². The number of amides is 4. The third kappa shape index (κ3) is 2.08. The average Bonchev–Trinajstić information content (AvgIpc) is 2.15. The van der Waals surface area contributed by atoms with Gasteiger partial charge in [0.15, 0.2) is 0 Å². The standard InChI is InChI=1S/C11H16N2O3/c1-7-3-2-4-8(5-7)13-10(15)6-9(14)12-11(13)16/h7-8H,2-6H2,1H3,(H,12,14,16). The normalized spacial score (nSPS) is 31.6. The zero-order chi connectivity index (χ0) is 11.7. The molecule has 0 aromatic carbocycles. The van der Waals surface area contributed by atoms with Crippen molar-refractivity contribution in [2.45, 2.75) is 45.1 Å². The Kier molecular flexibility index (Phi) is 2.94. The van der Waals surface area contributed by atoms with Crippen LogP contribution in [0.3, 0.4) is 0 Å². The van der Waals surface area contributed by atoms with E-state index in [-0.39, 0.29) is 18.4 Å². The molecule has 2 aliphatic rings. The molecule has 5 nitrogen and oxygen atoms in total. The highest BCUT2D eigenvalue weighted by atomic mass is 16.2. The number of carbonyl (C=O) groups is 3. The molecule has 1 N–H and O–H groups in total. The van der Waals surface area contributed by atoms with Crippen LogP contribution in [0.2, 0.25) is 0 Å². The highest BCUT2D eigenvalue weighted by Crippen LogP contribution is 2.28. The quantitative estimate of drug-likeness (QED) is 0.676. The van der Waals surface area contributed by atoms with Crippen LogP contribution in [0.5, 0.6) is 0 Å². The third-order valence-electron chi connectivity index (χ3n) is 3.32. The number of hydrogen-bond acceptors (Lipinski definition) is 3. The number of nitrogens with one attached hydrogen (secondary N) is 1. The van der Waals surface area contributed by atoms with E-state index in [0.29, 0.717) is 5.92 Å². The van der Waals surface area contributed by atoms with Crippen LogP contribution >= 0.6 is 0 Å². The van der Waals surface area contributed by atoms with Gasteiger partial charge in [-0.15, -0.1) is 0 Å². The molecule has 0 radical (unpaired) electrons. The summed E-state index contributed by atoms with van der Waals surface area (Å²) in [7, 11) is 0. The molecule has 2 unspecified atom stereocenters. The van der Waals surface area contributed by atoms with Crippen LogP contribution in [0.4, 0.5) is 4.79 Å². The predicted octanol–water partition coefficient (Wildman–Crippen LogP) is 1.03. The van der Waals surface area contributed by atoms with Gasteiger partial charge < -0.3 is 0 Å². The van der Waals surface area contributed by atoms with Gasteiger partial charge in [-0.1, -0.05) is 19.8 Å². The van der Waals surface area contributed by atoms with E-state index < -0.39 is 11.9 Å². The maximum atomic E-state index is 11.7. The zero-order valence-corrected chi connectivity index (χ0v) is 9.36. The molecule has 1 saturated carbocycles. The molecule has 2 fully saturated rings. The third-order valence-corrected chi connectivity index (χ3v) is 3.32. The van der Waals surface area contributed by atoms with Crippen molar-refractivity contribution in [2.24, 2.45) is 5.92 Å². The van der Waals surface area contributed by atoms with Gasteiger partial charge in [0.25, 0.3) is 0 Å². The van der Waals surface area contributed by atoms with Crippen molar-refractivity contribution >= 4 is 17.8 Å². The average molecular weight is 224 g/mol.